The smallest absolute Gasteiger partial charge is 0.175 e. The number of rotatable bonds is 4. The van der Waals surface area contributed by atoms with Crippen molar-refractivity contribution in [3.63, 3.8) is 0 Å². The van der Waals surface area contributed by atoms with Gasteiger partial charge in [-0.1, -0.05) is 29.8 Å². The topological polar surface area (TPSA) is 57.9 Å². The van der Waals surface area contributed by atoms with E-state index in [0.29, 0.717) is 21.0 Å². The molecule has 0 aliphatic rings. The van der Waals surface area contributed by atoms with Crippen LogP contribution < -0.4 is 0 Å². The molecule has 1 unspecified atom stereocenters. The highest BCUT2D eigenvalue weighted by atomic mass is 35.5. The van der Waals surface area contributed by atoms with E-state index < -0.39 is 10.8 Å². The van der Waals surface area contributed by atoms with E-state index in [-0.39, 0.29) is 11.5 Å². The molecule has 20 heavy (non-hydrogen) atoms. The average molecular weight is 304 g/mol. The van der Waals surface area contributed by atoms with Crippen LogP contribution in [0.2, 0.25) is 5.02 Å². The Bertz CT molecular complexity index is 705. The van der Waals surface area contributed by atoms with Gasteiger partial charge in [0.1, 0.15) is 0 Å². The number of halogens is 1. The summed E-state index contributed by atoms with van der Waals surface area (Å²) in [5, 5.41) is 9.18. The first-order valence-electron chi connectivity index (χ1n) is 5.77. The van der Waals surface area contributed by atoms with E-state index in [9.17, 15) is 9.00 Å². The van der Waals surface area contributed by atoms with Gasteiger partial charge in [0, 0.05) is 15.5 Å². The van der Waals surface area contributed by atoms with Gasteiger partial charge in [-0.05, 0) is 30.3 Å². The Balaban J connectivity index is 2.11. The van der Waals surface area contributed by atoms with E-state index in [1.165, 1.54) is 0 Å². The lowest BCUT2D eigenvalue weighted by atomic mass is 10.1. The Morgan fingerprint density at radius 2 is 1.90 bits per heavy atom. The molecule has 0 heterocycles. The van der Waals surface area contributed by atoms with Crippen molar-refractivity contribution in [2.75, 3.05) is 5.75 Å². The predicted octanol–water partition coefficient (Wildman–Crippen LogP) is 3.20. The second-order valence-electron chi connectivity index (χ2n) is 4.06. The third-order valence-electron chi connectivity index (χ3n) is 2.66. The summed E-state index contributed by atoms with van der Waals surface area (Å²) in [6.45, 7) is 0. The zero-order chi connectivity index (χ0) is 14.5. The minimum Gasteiger partial charge on any atom is -0.293 e. The molecule has 0 saturated carbocycles. The molecule has 0 aliphatic heterocycles. The molecule has 2 rings (SSSR count). The molecule has 0 bridgehead atoms. The van der Waals surface area contributed by atoms with Crippen LogP contribution in [-0.4, -0.2) is 15.7 Å². The molecule has 0 N–H and O–H groups in total. The third-order valence-corrected chi connectivity index (χ3v) is 4.20. The number of hydrogen-bond donors (Lipinski definition) is 0. The van der Waals surface area contributed by atoms with Gasteiger partial charge in [-0.2, -0.15) is 5.26 Å². The summed E-state index contributed by atoms with van der Waals surface area (Å²) >= 11 is 5.83. The number of nitriles is 1. The fourth-order valence-electron chi connectivity index (χ4n) is 1.63. The van der Waals surface area contributed by atoms with Gasteiger partial charge in [0.05, 0.1) is 28.2 Å². The molecule has 3 nitrogen and oxygen atoms in total. The van der Waals surface area contributed by atoms with E-state index in [0.717, 1.165) is 0 Å². The maximum Gasteiger partial charge on any atom is 0.175 e. The van der Waals surface area contributed by atoms with Gasteiger partial charge in [0.15, 0.2) is 5.78 Å². The number of carbonyl (C=O) groups is 1. The van der Waals surface area contributed by atoms with Crippen LogP contribution in [0, 0.1) is 11.3 Å². The second-order valence-corrected chi connectivity index (χ2v) is 5.95. The molecule has 0 fully saturated rings. The maximum absolute atomic E-state index is 12.1. The van der Waals surface area contributed by atoms with Crippen LogP contribution in [-0.2, 0) is 10.8 Å². The third kappa shape index (κ3) is 3.53. The van der Waals surface area contributed by atoms with E-state index in [1.807, 2.05) is 6.07 Å². The number of Topliss-reactive ketones (excluding diaryl/α,β-unsaturated/α-hetero) is 1. The lowest BCUT2D eigenvalue weighted by Crippen LogP contribution is -2.11. The number of nitrogens with zero attached hydrogens (tertiary/aromatic N) is 1. The van der Waals surface area contributed by atoms with Crippen molar-refractivity contribution in [3.8, 4) is 6.07 Å². The first kappa shape index (κ1) is 14.4. The van der Waals surface area contributed by atoms with Crippen molar-refractivity contribution in [1.29, 1.82) is 5.26 Å². The quantitative estimate of drug-likeness (QED) is 0.815. The molecule has 0 amide bonds. The molecule has 2 aromatic rings. The molecule has 0 aliphatic carbocycles. The molecular formula is C15H10ClNO2S. The molecule has 0 aromatic heterocycles. The molecule has 5 heteroatoms. The Hall–Kier alpha value is -1.96. The fraction of sp³-hybridized carbons (Fsp3) is 0.0667. The lowest BCUT2D eigenvalue weighted by molar-refractivity contribution is 0.102. The van der Waals surface area contributed by atoms with Crippen LogP contribution in [0.4, 0.5) is 0 Å². The average Bonchev–Trinajstić information content (AvgIpc) is 2.47. The van der Waals surface area contributed by atoms with E-state index in [4.69, 9.17) is 16.9 Å². The van der Waals surface area contributed by atoms with Gasteiger partial charge in [-0.15, -0.1) is 0 Å². The number of ketones is 1. The van der Waals surface area contributed by atoms with Crippen LogP contribution in [0.3, 0.4) is 0 Å². The van der Waals surface area contributed by atoms with Gasteiger partial charge >= 0.3 is 0 Å². The minimum absolute atomic E-state index is 0.105. The standard InChI is InChI=1S/C15H10ClNO2S/c16-13-2-1-3-14(8-13)20(19)10-15(18)12-6-4-11(9-17)5-7-12/h1-8H,10H2. The Morgan fingerprint density at radius 1 is 1.20 bits per heavy atom. The summed E-state index contributed by atoms with van der Waals surface area (Å²) in [6.07, 6.45) is 0. The summed E-state index contributed by atoms with van der Waals surface area (Å²) in [7, 11) is -1.43. The monoisotopic (exact) mass is 303 g/mol. The summed E-state index contributed by atoms with van der Waals surface area (Å²) in [5.74, 6) is -0.334. The summed E-state index contributed by atoms with van der Waals surface area (Å²) in [6, 6.07) is 14.9. The van der Waals surface area contributed by atoms with Crippen molar-refractivity contribution in [1.82, 2.24) is 0 Å². The highest BCUT2D eigenvalue weighted by Gasteiger charge is 2.12. The lowest BCUT2D eigenvalue weighted by Gasteiger charge is -2.03. The SMILES string of the molecule is N#Cc1ccc(C(=O)CS(=O)c2cccc(Cl)c2)cc1. The van der Waals surface area contributed by atoms with Gasteiger partial charge in [0.25, 0.3) is 0 Å². The zero-order valence-electron chi connectivity index (χ0n) is 10.4. The highest BCUT2D eigenvalue weighted by Crippen LogP contribution is 2.15. The molecule has 0 radical (unpaired) electrons. The Labute approximate surface area is 124 Å². The normalized spacial score (nSPS) is 11.6. The van der Waals surface area contributed by atoms with Gasteiger partial charge in [-0.25, -0.2) is 0 Å². The molecule has 2 aromatic carbocycles. The van der Waals surface area contributed by atoms with Crippen molar-refractivity contribution < 1.29 is 9.00 Å². The van der Waals surface area contributed by atoms with Crippen LogP contribution in [0.5, 0.6) is 0 Å². The van der Waals surface area contributed by atoms with Crippen LogP contribution in [0.15, 0.2) is 53.4 Å². The van der Waals surface area contributed by atoms with Crippen molar-refractivity contribution in [2.24, 2.45) is 0 Å². The van der Waals surface area contributed by atoms with Gasteiger partial charge < -0.3 is 0 Å². The summed E-state index contributed by atoms with van der Waals surface area (Å²) < 4.78 is 12.1. The van der Waals surface area contributed by atoms with Crippen molar-refractivity contribution in [3.05, 3.63) is 64.7 Å². The number of hydrogen-bond acceptors (Lipinski definition) is 3. The van der Waals surface area contributed by atoms with Crippen molar-refractivity contribution >= 4 is 28.2 Å². The van der Waals surface area contributed by atoms with E-state index in [1.54, 1.807) is 48.5 Å². The summed E-state index contributed by atoms with van der Waals surface area (Å²) in [5.41, 5.74) is 0.928. The largest absolute Gasteiger partial charge is 0.293 e. The van der Waals surface area contributed by atoms with Crippen LogP contribution >= 0.6 is 11.6 Å². The number of carbonyl (C=O) groups excluding carboxylic acids is 1. The number of benzene rings is 2. The highest BCUT2D eigenvalue weighted by molar-refractivity contribution is 7.85. The van der Waals surface area contributed by atoms with E-state index >= 15 is 0 Å². The maximum atomic E-state index is 12.1. The molecular weight excluding hydrogens is 294 g/mol. The zero-order valence-corrected chi connectivity index (χ0v) is 11.9. The molecule has 0 spiro atoms. The van der Waals surface area contributed by atoms with Gasteiger partial charge in [0.2, 0.25) is 0 Å². The Kier molecular flexibility index (Phi) is 4.67. The minimum atomic E-state index is -1.43. The van der Waals surface area contributed by atoms with Crippen molar-refractivity contribution in [2.45, 2.75) is 4.90 Å². The van der Waals surface area contributed by atoms with E-state index in [2.05, 4.69) is 0 Å². The fourth-order valence-corrected chi connectivity index (χ4v) is 2.94. The van der Waals surface area contributed by atoms with Gasteiger partial charge in [-0.3, -0.25) is 9.00 Å². The summed E-state index contributed by atoms with van der Waals surface area (Å²) in [4.78, 5) is 12.5. The molecule has 100 valence electrons. The van der Waals surface area contributed by atoms with Crippen LogP contribution in [0.1, 0.15) is 15.9 Å². The Morgan fingerprint density at radius 3 is 2.50 bits per heavy atom. The first-order chi connectivity index (χ1) is 9.60. The molecule has 1 atom stereocenters. The first-order valence-corrected chi connectivity index (χ1v) is 7.47. The predicted molar refractivity (Wildman–Crippen MR) is 78.2 cm³/mol. The molecule has 0 saturated heterocycles. The van der Waals surface area contributed by atoms with Crippen LogP contribution in [0.25, 0.3) is 0 Å². The second kappa shape index (κ2) is 6.47.